The van der Waals surface area contributed by atoms with Gasteiger partial charge < -0.3 is 10.6 Å². The van der Waals surface area contributed by atoms with Crippen LogP contribution in [-0.2, 0) is 0 Å². The molecule has 1 saturated carbocycles. The Labute approximate surface area is 121 Å². The van der Waals surface area contributed by atoms with E-state index in [1.165, 1.54) is 6.42 Å². The van der Waals surface area contributed by atoms with Gasteiger partial charge in [0.25, 0.3) is 5.91 Å². The Morgan fingerprint density at radius 3 is 2.85 bits per heavy atom. The minimum atomic E-state index is 0.0123. The van der Waals surface area contributed by atoms with Crippen LogP contribution in [0.25, 0.3) is 0 Å². The molecule has 20 heavy (non-hydrogen) atoms. The monoisotopic (exact) mass is 275 g/mol. The molecule has 3 unspecified atom stereocenters. The fraction of sp³-hybridized carbons (Fsp3) is 0.625. The molecule has 0 radical (unpaired) electrons. The van der Waals surface area contributed by atoms with Gasteiger partial charge in [0, 0.05) is 24.3 Å². The van der Waals surface area contributed by atoms with Gasteiger partial charge in [0.15, 0.2) is 0 Å². The Balaban J connectivity index is 1.96. The van der Waals surface area contributed by atoms with Gasteiger partial charge >= 0.3 is 0 Å². The van der Waals surface area contributed by atoms with E-state index in [4.69, 9.17) is 0 Å². The summed E-state index contributed by atoms with van der Waals surface area (Å²) in [5, 5.41) is 6.29. The van der Waals surface area contributed by atoms with E-state index < -0.39 is 0 Å². The zero-order valence-electron chi connectivity index (χ0n) is 12.6. The highest BCUT2D eigenvalue weighted by atomic mass is 16.1. The van der Waals surface area contributed by atoms with E-state index in [0.29, 0.717) is 17.5 Å². The number of anilines is 1. The van der Waals surface area contributed by atoms with Gasteiger partial charge in [0.2, 0.25) is 0 Å². The van der Waals surface area contributed by atoms with Gasteiger partial charge in [-0.25, -0.2) is 4.98 Å². The van der Waals surface area contributed by atoms with Crippen molar-refractivity contribution in [2.45, 2.75) is 46.1 Å². The highest BCUT2D eigenvalue weighted by Crippen LogP contribution is 2.29. The lowest BCUT2D eigenvalue weighted by Crippen LogP contribution is -2.39. The lowest BCUT2D eigenvalue weighted by atomic mass is 9.79. The van der Waals surface area contributed by atoms with Crippen molar-refractivity contribution in [2.75, 3.05) is 11.9 Å². The van der Waals surface area contributed by atoms with E-state index >= 15 is 0 Å². The van der Waals surface area contributed by atoms with Gasteiger partial charge in [-0.1, -0.05) is 13.8 Å². The van der Waals surface area contributed by atoms with E-state index in [1.807, 2.05) is 13.0 Å². The van der Waals surface area contributed by atoms with Crippen molar-refractivity contribution in [3.63, 3.8) is 0 Å². The summed E-state index contributed by atoms with van der Waals surface area (Å²) in [6.45, 7) is 7.39. The van der Waals surface area contributed by atoms with Gasteiger partial charge in [-0.3, -0.25) is 4.79 Å². The predicted molar refractivity (Wildman–Crippen MR) is 81.8 cm³/mol. The van der Waals surface area contributed by atoms with Crippen molar-refractivity contribution in [3.05, 3.63) is 23.9 Å². The molecule has 1 fully saturated rings. The van der Waals surface area contributed by atoms with Crippen LogP contribution in [0.1, 0.15) is 50.4 Å². The molecular formula is C16H25N3O. The molecule has 1 aromatic rings. The average molecular weight is 275 g/mol. The first-order chi connectivity index (χ1) is 9.60. The van der Waals surface area contributed by atoms with Crippen LogP contribution in [0.2, 0.25) is 0 Å². The van der Waals surface area contributed by atoms with Gasteiger partial charge in [-0.05, 0) is 50.2 Å². The molecule has 4 nitrogen and oxygen atoms in total. The third kappa shape index (κ3) is 3.71. The first-order valence-corrected chi connectivity index (χ1v) is 7.61. The van der Waals surface area contributed by atoms with Crippen LogP contribution in [0.4, 0.5) is 5.82 Å². The molecule has 3 atom stereocenters. The Morgan fingerprint density at radius 1 is 1.35 bits per heavy atom. The molecule has 0 aliphatic heterocycles. The molecule has 1 aliphatic rings. The summed E-state index contributed by atoms with van der Waals surface area (Å²) in [5.41, 5.74) is 0.683. The fourth-order valence-electron chi connectivity index (χ4n) is 2.80. The summed E-state index contributed by atoms with van der Waals surface area (Å²) in [6, 6.07) is 3.89. The number of rotatable bonds is 4. The first-order valence-electron chi connectivity index (χ1n) is 7.61. The minimum Gasteiger partial charge on any atom is -0.370 e. The maximum atomic E-state index is 12.3. The number of nitrogens with one attached hydrogen (secondary N) is 2. The number of hydrogen-bond acceptors (Lipinski definition) is 3. The number of carbonyl (C=O) groups is 1. The molecule has 4 heteroatoms. The van der Waals surface area contributed by atoms with E-state index in [1.54, 1.807) is 12.3 Å². The fourth-order valence-corrected chi connectivity index (χ4v) is 2.80. The number of amides is 1. The van der Waals surface area contributed by atoms with Gasteiger partial charge in [0.1, 0.15) is 5.82 Å². The first kappa shape index (κ1) is 14.8. The van der Waals surface area contributed by atoms with Crippen LogP contribution in [0.3, 0.4) is 0 Å². The number of pyridine rings is 1. The lowest BCUT2D eigenvalue weighted by molar-refractivity contribution is 0.0910. The van der Waals surface area contributed by atoms with Crippen molar-refractivity contribution in [3.8, 4) is 0 Å². The van der Waals surface area contributed by atoms with E-state index in [-0.39, 0.29) is 5.91 Å². The summed E-state index contributed by atoms with van der Waals surface area (Å²) in [6.07, 6.45) is 5.05. The van der Waals surface area contributed by atoms with Gasteiger partial charge in [-0.15, -0.1) is 0 Å². The normalized spacial score (nSPS) is 26.1. The van der Waals surface area contributed by atoms with Crippen molar-refractivity contribution in [2.24, 2.45) is 11.8 Å². The minimum absolute atomic E-state index is 0.0123. The Hall–Kier alpha value is -1.58. The molecule has 2 rings (SSSR count). The predicted octanol–water partition coefficient (Wildman–Crippen LogP) is 3.07. The SMILES string of the molecule is CCNc1cc(C(=O)NC2CCC(C)C(C)C2)ccn1. The summed E-state index contributed by atoms with van der Waals surface area (Å²) in [4.78, 5) is 16.5. The lowest BCUT2D eigenvalue weighted by Gasteiger charge is -2.32. The number of nitrogens with zero attached hydrogens (tertiary/aromatic N) is 1. The van der Waals surface area contributed by atoms with Crippen molar-refractivity contribution in [1.29, 1.82) is 0 Å². The molecular weight excluding hydrogens is 250 g/mol. The second-order valence-electron chi connectivity index (χ2n) is 5.90. The van der Waals surface area contributed by atoms with Gasteiger partial charge in [0.05, 0.1) is 0 Å². The molecule has 1 amide bonds. The molecule has 0 spiro atoms. The number of carbonyl (C=O) groups excluding carboxylic acids is 1. The van der Waals surface area contributed by atoms with E-state index in [0.717, 1.165) is 31.1 Å². The van der Waals surface area contributed by atoms with Crippen LogP contribution >= 0.6 is 0 Å². The quantitative estimate of drug-likeness (QED) is 0.888. The largest absolute Gasteiger partial charge is 0.370 e. The summed E-state index contributed by atoms with van der Waals surface area (Å²) in [7, 11) is 0. The maximum absolute atomic E-state index is 12.3. The van der Waals surface area contributed by atoms with Crippen molar-refractivity contribution in [1.82, 2.24) is 10.3 Å². The highest BCUT2D eigenvalue weighted by Gasteiger charge is 2.25. The molecule has 0 aromatic carbocycles. The van der Waals surface area contributed by atoms with E-state index in [9.17, 15) is 4.79 Å². The topological polar surface area (TPSA) is 54.0 Å². The van der Waals surface area contributed by atoms with E-state index in [2.05, 4.69) is 29.5 Å². The summed E-state index contributed by atoms with van der Waals surface area (Å²) >= 11 is 0. The van der Waals surface area contributed by atoms with Gasteiger partial charge in [-0.2, -0.15) is 0 Å². The maximum Gasteiger partial charge on any atom is 0.251 e. The number of hydrogen-bond donors (Lipinski definition) is 2. The third-order valence-electron chi connectivity index (χ3n) is 4.31. The Kier molecular flexibility index (Phi) is 4.99. The molecule has 1 aromatic heterocycles. The zero-order chi connectivity index (χ0) is 14.5. The van der Waals surface area contributed by atoms with Crippen LogP contribution in [0, 0.1) is 11.8 Å². The third-order valence-corrected chi connectivity index (χ3v) is 4.31. The second-order valence-corrected chi connectivity index (χ2v) is 5.90. The van der Waals surface area contributed by atoms with Crippen LogP contribution < -0.4 is 10.6 Å². The van der Waals surface area contributed by atoms with Crippen LogP contribution in [0.5, 0.6) is 0 Å². The molecule has 0 bridgehead atoms. The van der Waals surface area contributed by atoms with Crippen LogP contribution in [-0.4, -0.2) is 23.5 Å². The number of aromatic nitrogens is 1. The summed E-state index contributed by atoms with van der Waals surface area (Å²) < 4.78 is 0. The average Bonchev–Trinajstić information content (AvgIpc) is 2.43. The molecule has 0 saturated heterocycles. The van der Waals surface area contributed by atoms with Crippen molar-refractivity contribution < 1.29 is 4.79 Å². The Morgan fingerprint density at radius 2 is 2.15 bits per heavy atom. The molecule has 110 valence electrons. The smallest absolute Gasteiger partial charge is 0.251 e. The molecule has 2 N–H and O–H groups in total. The standard InChI is InChI=1S/C16H25N3O/c1-4-17-15-10-13(7-8-18-15)16(20)19-14-6-5-11(2)12(3)9-14/h7-8,10-12,14H,4-6,9H2,1-3H3,(H,17,18)(H,19,20). The zero-order valence-corrected chi connectivity index (χ0v) is 12.6. The van der Waals surface area contributed by atoms with Crippen molar-refractivity contribution >= 4 is 11.7 Å². The second kappa shape index (κ2) is 6.73. The molecule has 1 heterocycles. The highest BCUT2D eigenvalue weighted by molar-refractivity contribution is 5.95. The summed E-state index contributed by atoms with van der Waals surface area (Å²) in [5.74, 6) is 2.22. The molecule has 1 aliphatic carbocycles. The Bertz CT molecular complexity index is 461. The van der Waals surface area contributed by atoms with Crippen LogP contribution in [0.15, 0.2) is 18.3 Å².